The van der Waals surface area contributed by atoms with Crippen molar-refractivity contribution in [1.82, 2.24) is 4.98 Å². The molecule has 0 unspecified atom stereocenters. The Kier molecular flexibility index (Phi) is 3.64. The first-order valence-electron chi connectivity index (χ1n) is 4.72. The highest BCUT2D eigenvalue weighted by molar-refractivity contribution is 7.91. The predicted molar refractivity (Wildman–Crippen MR) is 59.0 cm³/mol. The summed E-state index contributed by atoms with van der Waals surface area (Å²) in [6.07, 6.45) is 1.30. The molecule has 0 aliphatic carbocycles. The quantitative estimate of drug-likeness (QED) is 0.856. The topological polar surface area (TPSA) is 84.3 Å². The van der Waals surface area contributed by atoms with Gasteiger partial charge in [-0.1, -0.05) is 0 Å². The van der Waals surface area contributed by atoms with Gasteiger partial charge in [-0.15, -0.1) is 0 Å². The van der Waals surface area contributed by atoms with Crippen molar-refractivity contribution in [2.24, 2.45) is 0 Å². The van der Waals surface area contributed by atoms with Crippen LogP contribution < -0.4 is 0 Å². The van der Waals surface area contributed by atoms with E-state index in [0.717, 1.165) is 0 Å². The van der Waals surface area contributed by atoms with Crippen LogP contribution in [0.5, 0.6) is 0 Å². The highest BCUT2D eigenvalue weighted by Gasteiger charge is 2.17. The van der Waals surface area contributed by atoms with Crippen LogP contribution >= 0.6 is 0 Å². The Bertz CT molecular complexity index is 493. The molecule has 1 N–H and O–H groups in total. The molecule has 5 nitrogen and oxygen atoms in total. The zero-order valence-electron chi connectivity index (χ0n) is 9.04. The monoisotopic (exact) mass is 243 g/mol. The maximum atomic E-state index is 11.6. The van der Waals surface area contributed by atoms with Crippen molar-refractivity contribution < 1.29 is 18.3 Å². The van der Waals surface area contributed by atoms with E-state index in [0.29, 0.717) is 5.56 Å². The lowest BCUT2D eigenvalue weighted by Crippen LogP contribution is -2.16. The number of carbonyl (C=O) groups is 1. The molecule has 0 saturated carbocycles. The minimum atomic E-state index is -3.21. The Balaban J connectivity index is 2.99. The van der Waals surface area contributed by atoms with Gasteiger partial charge in [-0.25, -0.2) is 18.2 Å². The van der Waals surface area contributed by atoms with Crippen molar-refractivity contribution in [2.75, 3.05) is 0 Å². The number of hydrogen-bond donors (Lipinski definition) is 1. The molecular weight excluding hydrogens is 230 g/mol. The van der Waals surface area contributed by atoms with Crippen molar-refractivity contribution in [3.8, 4) is 0 Å². The van der Waals surface area contributed by atoms with Gasteiger partial charge in [0.05, 0.1) is 11.0 Å². The second kappa shape index (κ2) is 4.61. The average molecular weight is 243 g/mol. The van der Waals surface area contributed by atoms with E-state index in [9.17, 15) is 13.2 Å². The molecule has 6 heteroatoms. The predicted octanol–water partition coefficient (Wildman–Crippen LogP) is 1.10. The summed E-state index contributed by atoms with van der Waals surface area (Å²) in [6, 6.07) is 2.79. The lowest BCUT2D eigenvalue weighted by atomic mass is 10.2. The third-order valence-corrected chi connectivity index (χ3v) is 4.30. The Morgan fingerprint density at radius 3 is 2.62 bits per heavy atom. The number of sulfone groups is 1. The van der Waals surface area contributed by atoms with Gasteiger partial charge < -0.3 is 5.11 Å². The van der Waals surface area contributed by atoms with E-state index in [1.165, 1.54) is 18.3 Å². The van der Waals surface area contributed by atoms with E-state index in [1.807, 2.05) is 0 Å². The molecule has 1 heterocycles. The summed E-state index contributed by atoms with van der Waals surface area (Å²) in [6.45, 7) is 3.18. The van der Waals surface area contributed by atoms with Gasteiger partial charge >= 0.3 is 5.97 Å². The Labute approximate surface area is 94.1 Å². The minimum Gasteiger partial charge on any atom is -0.477 e. The Morgan fingerprint density at radius 2 is 2.12 bits per heavy atom. The molecule has 0 spiro atoms. The minimum absolute atomic E-state index is 0.142. The van der Waals surface area contributed by atoms with E-state index in [1.54, 1.807) is 13.8 Å². The average Bonchev–Trinajstić information content (AvgIpc) is 2.17. The summed E-state index contributed by atoms with van der Waals surface area (Å²) >= 11 is 0. The van der Waals surface area contributed by atoms with Crippen LogP contribution in [-0.4, -0.2) is 29.7 Å². The lowest BCUT2D eigenvalue weighted by Gasteiger charge is -2.07. The summed E-state index contributed by atoms with van der Waals surface area (Å²) < 4.78 is 23.2. The van der Waals surface area contributed by atoms with Gasteiger partial charge in [0.15, 0.2) is 9.84 Å². The van der Waals surface area contributed by atoms with Gasteiger partial charge in [0.1, 0.15) is 5.69 Å². The number of rotatable bonds is 4. The van der Waals surface area contributed by atoms with Crippen LogP contribution in [-0.2, 0) is 15.6 Å². The first-order valence-corrected chi connectivity index (χ1v) is 6.44. The lowest BCUT2D eigenvalue weighted by molar-refractivity contribution is 0.0690. The fourth-order valence-electron chi connectivity index (χ4n) is 1.08. The van der Waals surface area contributed by atoms with Gasteiger partial charge in [0.2, 0.25) is 0 Å². The molecule has 88 valence electrons. The van der Waals surface area contributed by atoms with Crippen LogP contribution in [0, 0.1) is 0 Å². The second-order valence-corrected chi connectivity index (χ2v) is 6.27. The fraction of sp³-hybridized carbons (Fsp3) is 0.400. The van der Waals surface area contributed by atoms with Crippen LogP contribution in [0.25, 0.3) is 0 Å². The largest absolute Gasteiger partial charge is 0.477 e. The molecule has 1 aromatic rings. The molecule has 0 saturated heterocycles. The first kappa shape index (κ1) is 12.6. The maximum Gasteiger partial charge on any atom is 0.354 e. The first-order chi connectivity index (χ1) is 7.33. The number of hydrogen-bond acceptors (Lipinski definition) is 4. The van der Waals surface area contributed by atoms with Gasteiger partial charge in [0, 0.05) is 6.20 Å². The van der Waals surface area contributed by atoms with E-state index in [2.05, 4.69) is 4.98 Å². The summed E-state index contributed by atoms with van der Waals surface area (Å²) in [5, 5.41) is 8.23. The summed E-state index contributed by atoms with van der Waals surface area (Å²) in [7, 11) is -3.21. The van der Waals surface area contributed by atoms with Crippen molar-refractivity contribution in [1.29, 1.82) is 0 Å². The van der Waals surface area contributed by atoms with Gasteiger partial charge in [-0.2, -0.15) is 0 Å². The zero-order valence-corrected chi connectivity index (χ0v) is 9.86. The molecule has 0 atom stereocenters. The molecule has 16 heavy (non-hydrogen) atoms. The normalized spacial score (nSPS) is 11.7. The van der Waals surface area contributed by atoms with Crippen LogP contribution in [0.3, 0.4) is 0 Å². The number of aromatic carboxylic acids is 1. The van der Waals surface area contributed by atoms with Gasteiger partial charge in [0.25, 0.3) is 0 Å². The molecule has 0 bridgehead atoms. The van der Waals surface area contributed by atoms with Crippen LogP contribution in [0.4, 0.5) is 0 Å². The van der Waals surface area contributed by atoms with Crippen LogP contribution in [0.15, 0.2) is 18.3 Å². The summed E-state index contributed by atoms with van der Waals surface area (Å²) in [5.74, 6) is -1.32. The molecule has 0 aliphatic heterocycles. The molecule has 0 radical (unpaired) electrons. The summed E-state index contributed by atoms with van der Waals surface area (Å²) in [5.41, 5.74) is 0.303. The van der Waals surface area contributed by atoms with E-state index < -0.39 is 21.1 Å². The van der Waals surface area contributed by atoms with Crippen LogP contribution in [0.1, 0.15) is 29.9 Å². The highest BCUT2D eigenvalue weighted by Crippen LogP contribution is 2.11. The number of carboxylic acid groups (broad SMARTS) is 1. The molecule has 1 aromatic heterocycles. The molecule has 1 rings (SSSR count). The maximum absolute atomic E-state index is 11.6. The van der Waals surface area contributed by atoms with E-state index >= 15 is 0 Å². The van der Waals surface area contributed by atoms with Crippen molar-refractivity contribution in [3.05, 3.63) is 29.6 Å². The zero-order chi connectivity index (χ0) is 12.3. The van der Waals surface area contributed by atoms with E-state index in [4.69, 9.17) is 5.11 Å². The number of pyridine rings is 1. The molecule has 0 aromatic carbocycles. The number of carboxylic acids is 1. The van der Waals surface area contributed by atoms with E-state index in [-0.39, 0.29) is 11.4 Å². The second-order valence-electron chi connectivity index (χ2n) is 3.71. The Morgan fingerprint density at radius 1 is 1.50 bits per heavy atom. The standard InChI is InChI=1S/C10H13NO4S/c1-7(2)16(14,15)6-8-3-4-11-9(5-8)10(12)13/h3-5,7H,6H2,1-2H3,(H,12,13). The number of aromatic nitrogens is 1. The van der Waals surface area contributed by atoms with Crippen molar-refractivity contribution in [2.45, 2.75) is 24.9 Å². The van der Waals surface area contributed by atoms with Gasteiger partial charge in [-0.3, -0.25) is 0 Å². The SMILES string of the molecule is CC(C)S(=O)(=O)Cc1ccnc(C(=O)O)c1. The third kappa shape index (κ3) is 3.03. The molecule has 0 amide bonds. The van der Waals surface area contributed by atoms with Crippen LogP contribution in [0.2, 0.25) is 0 Å². The number of nitrogens with zero attached hydrogens (tertiary/aromatic N) is 1. The van der Waals surface area contributed by atoms with Crippen molar-refractivity contribution in [3.63, 3.8) is 0 Å². The molecule has 0 aliphatic rings. The third-order valence-electron chi connectivity index (χ3n) is 2.13. The van der Waals surface area contributed by atoms with Crippen molar-refractivity contribution >= 4 is 15.8 Å². The highest BCUT2D eigenvalue weighted by atomic mass is 32.2. The van der Waals surface area contributed by atoms with Gasteiger partial charge in [-0.05, 0) is 31.5 Å². The smallest absolute Gasteiger partial charge is 0.354 e. The Hall–Kier alpha value is -1.43. The molecular formula is C10H13NO4S. The molecule has 0 fully saturated rings. The summed E-state index contributed by atoms with van der Waals surface area (Å²) in [4.78, 5) is 14.3. The fourth-order valence-corrected chi connectivity index (χ4v) is 2.06.